The molecule has 21 heavy (non-hydrogen) atoms. The summed E-state index contributed by atoms with van der Waals surface area (Å²) in [5, 5.41) is 8.83. The lowest BCUT2D eigenvalue weighted by Gasteiger charge is -2.16. The van der Waals surface area contributed by atoms with Crippen molar-refractivity contribution in [1.82, 2.24) is 9.55 Å². The predicted octanol–water partition coefficient (Wildman–Crippen LogP) is 3.64. The average Bonchev–Trinajstić information content (AvgIpc) is 2.89. The second kappa shape index (κ2) is 4.92. The number of nitrogens with zero attached hydrogens (tertiary/aromatic N) is 3. The molecule has 0 amide bonds. The van der Waals surface area contributed by atoms with Crippen LogP contribution < -0.4 is 0 Å². The molecule has 0 N–H and O–H groups in total. The molecule has 1 heterocycles. The summed E-state index contributed by atoms with van der Waals surface area (Å²) in [7, 11) is 0. The normalized spacial score (nSPS) is 14.6. The van der Waals surface area contributed by atoms with Crippen LogP contribution in [0.2, 0.25) is 0 Å². The molecule has 0 bridgehead atoms. The molecule has 0 radical (unpaired) electrons. The highest BCUT2D eigenvalue weighted by atomic mass is 19.4. The van der Waals surface area contributed by atoms with Crippen molar-refractivity contribution in [1.29, 1.82) is 5.26 Å². The first-order valence-corrected chi connectivity index (χ1v) is 6.67. The van der Waals surface area contributed by atoms with E-state index >= 15 is 0 Å². The fourth-order valence-corrected chi connectivity index (χ4v) is 2.71. The van der Waals surface area contributed by atoms with Crippen LogP contribution in [0.4, 0.5) is 13.2 Å². The Balaban J connectivity index is 2.12. The van der Waals surface area contributed by atoms with Gasteiger partial charge in [-0.05, 0) is 43.9 Å². The largest absolute Gasteiger partial charge is 0.417 e. The number of fused-ring (bicyclic) bond motifs is 1. The third kappa shape index (κ3) is 2.40. The van der Waals surface area contributed by atoms with Gasteiger partial charge in [0.25, 0.3) is 0 Å². The van der Waals surface area contributed by atoms with Crippen LogP contribution in [-0.4, -0.2) is 9.55 Å². The van der Waals surface area contributed by atoms with E-state index in [0.717, 1.165) is 43.1 Å². The van der Waals surface area contributed by atoms with Crippen LogP contribution in [0, 0.1) is 11.3 Å². The van der Waals surface area contributed by atoms with Crippen molar-refractivity contribution in [2.75, 3.05) is 0 Å². The van der Waals surface area contributed by atoms with E-state index in [0.29, 0.717) is 5.69 Å². The van der Waals surface area contributed by atoms with Crippen LogP contribution in [0.3, 0.4) is 0 Å². The molecule has 0 unspecified atom stereocenters. The lowest BCUT2D eigenvalue weighted by atomic mass is 10.0. The van der Waals surface area contributed by atoms with Gasteiger partial charge >= 0.3 is 6.18 Å². The molecule has 0 saturated heterocycles. The van der Waals surface area contributed by atoms with Gasteiger partial charge < -0.3 is 4.57 Å². The summed E-state index contributed by atoms with van der Waals surface area (Å²) in [6.07, 6.45) is 0.785. The zero-order valence-corrected chi connectivity index (χ0v) is 11.1. The highest BCUT2D eigenvalue weighted by Gasteiger charge is 2.34. The number of hydrogen-bond donors (Lipinski definition) is 0. The van der Waals surface area contributed by atoms with E-state index in [1.807, 2.05) is 0 Å². The monoisotopic (exact) mass is 291 g/mol. The van der Waals surface area contributed by atoms with Crippen LogP contribution >= 0.6 is 0 Å². The van der Waals surface area contributed by atoms with E-state index in [9.17, 15) is 13.2 Å². The first kappa shape index (κ1) is 13.7. The van der Waals surface area contributed by atoms with Crippen LogP contribution in [0.25, 0.3) is 5.69 Å². The topological polar surface area (TPSA) is 41.6 Å². The molecule has 1 aliphatic carbocycles. The molecule has 0 atom stereocenters. The molecule has 6 heteroatoms. The second-order valence-corrected chi connectivity index (χ2v) is 5.05. The number of nitriles is 1. The highest BCUT2D eigenvalue weighted by molar-refractivity contribution is 5.48. The highest BCUT2D eigenvalue weighted by Crippen LogP contribution is 2.34. The van der Waals surface area contributed by atoms with Crippen molar-refractivity contribution in [3.8, 4) is 11.8 Å². The standard InChI is InChI=1S/C15H12F3N3/c16-15(17,18)12-7-11(6-5-10(12)8-19)21-9-20-13-3-1-2-4-14(13)21/h5-7,9H,1-4H2. The number of alkyl halides is 3. The van der Waals surface area contributed by atoms with E-state index in [1.54, 1.807) is 17.0 Å². The minimum atomic E-state index is -4.54. The Morgan fingerprint density at radius 2 is 1.95 bits per heavy atom. The predicted molar refractivity (Wildman–Crippen MR) is 69.9 cm³/mol. The van der Waals surface area contributed by atoms with Crippen LogP contribution in [-0.2, 0) is 19.0 Å². The van der Waals surface area contributed by atoms with E-state index in [4.69, 9.17) is 5.26 Å². The summed E-state index contributed by atoms with van der Waals surface area (Å²) >= 11 is 0. The first-order valence-electron chi connectivity index (χ1n) is 6.67. The number of imidazole rings is 1. The Kier molecular flexibility index (Phi) is 3.20. The Labute approximate surface area is 119 Å². The van der Waals surface area contributed by atoms with E-state index < -0.39 is 11.7 Å². The number of halogens is 3. The molecular weight excluding hydrogens is 279 g/mol. The van der Waals surface area contributed by atoms with Gasteiger partial charge in [0.2, 0.25) is 0 Å². The lowest BCUT2D eigenvalue weighted by Crippen LogP contribution is -2.11. The maximum Gasteiger partial charge on any atom is 0.417 e. The average molecular weight is 291 g/mol. The van der Waals surface area contributed by atoms with Gasteiger partial charge in [-0.15, -0.1) is 0 Å². The Hall–Kier alpha value is -2.29. The van der Waals surface area contributed by atoms with Gasteiger partial charge in [0.1, 0.15) is 0 Å². The Bertz CT molecular complexity index is 723. The maximum absolute atomic E-state index is 13.0. The second-order valence-electron chi connectivity index (χ2n) is 5.05. The molecule has 0 fully saturated rings. The fraction of sp³-hybridized carbons (Fsp3) is 0.333. The first-order chi connectivity index (χ1) is 10.0. The van der Waals surface area contributed by atoms with E-state index in [2.05, 4.69) is 4.98 Å². The number of aromatic nitrogens is 2. The number of benzene rings is 1. The summed E-state index contributed by atoms with van der Waals surface area (Å²) in [6.45, 7) is 0. The summed E-state index contributed by atoms with van der Waals surface area (Å²) in [4.78, 5) is 4.28. The van der Waals surface area contributed by atoms with Crippen molar-refractivity contribution in [2.45, 2.75) is 31.9 Å². The molecular formula is C15H12F3N3. The molecule has 1 aliphatic rings. The third-order valence-electron chi connectivity index (χ3n) is 3.74. The quantitative estimate of drug-likeness (QED) is 0.805. The number of hydrogen-bond acceptors (Lipinski definition) is 2. The van der Waals surface area contributed by atoms with E-state index in [-0.39, 0.29) is 5.56 Å². The van der Waals surface area contributed by atoms with Crippen molar-refractivity contribution >= 4 is 0 Å². The zero-order chi connectivity index (χ0) is 15.0. The van der Waals surface area contributed by atoms with Gasteiger partial charge in [-0.3, -0.25) is 0 Å². The van der Waals surface area contributed by atoms with Gasteiger partial charge in [0, 0.05) is 11.4 Å². The number of aryl methyl sites for hydroxylation is 1. The molecule has 0 aliphatic heterocycles. The van der Waals surface area contributed by atoms with Gasteiger partial charge in [-0.2, -0.15) is 18.4 Å². The Morgan fingerprint density at radius 1 is 1.19 bits per heavy atom. The molecule has 3 nitrogen and oxygen atoms in total. The molecule has 1 aromatic heterocycles. The summed E-state index contributed by atoms with van der Waals surface area (Å²) in [5.74, 6) is 0. The third-order valence-corrected chi connectivity index (χ3v) is 3.74. The zero-order valence-electron chi connectivity index (χ0n) is 11.1. The molecule has 0 spiro atoms. The summed E-state index contributed by atoms with van der Waals surface area (Å²) in [5.41, 5.74) is 1.07. The van der Waals surface area contributed by atoms with Crippen molar-refractivity contribution in [3.63, 3.8) is 0 Å². The molecule has 2 aromatic rings. The molecule has 108 valence electrons. The maximum atomic E-state index is 13.0. The minimum Gasteiger partial charge on any atom is -0.303 e. The van der Waals surface area contributed by atoms with Gasteiger partial charge in [-0.25, -0.2) is 4.98 Å². The number of rotatable bonds is 1. The molecule has 3 rings (SSSR count). The Morgan fingerprint density at radius 3 is 2.67 bits per heavy atom. The van der Waals surface area contributed by atoms with Crippen LogP contribution in [0.5, 0.6) is 0 Å². The van der Waals surface area contributed by atoms with Crippen molar-refractivity contribution in [2.24, 2.45) is 0 Å². The summed E-state index contributed by atoms with van der Waals surface area (Å²) in [6, 6.07) is 5.36. The smallest absolute Gasteiger partial charge is 0.303 e. The van der Waals surface area contributed by atoms with Crippen molar-refractivity contribution < 1.29 is 13.2 Å². The van der Waals surface area contributed by atoms with Crippen LogP contribution in [0.1, 0.15) is 35.4 Å². The minimum absolute atomic E-state index is 0.361. The molecule has 0 saturated carbocycles. The van der Waals surface area contributed by atoms with E-state index in [1.165, 1.54) is 12.1 Å². The fourth-order valence-electron chi connectivity index (χ4n) is 2.71. The van der Waals surface area contributed by atoms with Gasteiger partial charge in [-0.1, -0.05) is 0 Å². The van der Waals surface area contributed by atoms with Crippen LogP contribution in [0.15, 0.2) is 24.5 Å². The SMILES string of the molecule is N#Cc1ccc(-n2cnc3c2CCCC3)cc1C(F)(F)F. The van der Waals surface area contributed by atoms with Crippen molar-refractivity contribution in [3.05, 3.63) is 47.0 Å². The summed E-state index contributed by atoms with van der Waals surface area (Å²) < 4.78 is 40.8. The van der Waals surface area contributed by atoms with Gasteiger partial charge in [0.15, 0.2) is 0 Å². The lowest BCUT2D eigenvalue weighted by molar-refractivity contribution is -0.137. The van der Waals surface area contributed by atoms with Gasteiger partial charge in [0.05, 0.1) is 29.2 Å². The molecule has 1 aromatic carbocycles.